The maximum absolute atomic E-state index is 9.34. The molecule has 0 aliphatic heterocycles. The summed E-state index contributed by atoms with van der Waals surface area (Å²) in [4.78, 5) is 12.5. The second-order valence-electron chi connectivity index (χ2n) is 0.583. The van der Waals surface area contributed by atoms with Gasteiger partial charge in [-0.15, -0.1) is 0 Å². The van der Waals surface area contributed by atoms with Crippen LogP contribution in [0.4, 0.5) is 0 Å². The number of hydrogen-bond donors (Lipinski definition) is 2. The first-order valence-electron chi connectivity index (χ1n) is 1.26. The van der Waals surface area contributed by atoms with Crippen molar-refractivity contribution in [2.75, 3.05) is 0 Å². The van der Waals surface area contributed by atoms with E-state index in [-0.39, 0.29) is 0 Å². The van der Waals surface area contributed by atoms with Gasteiger partial charge in [0.05, 0.1) is 11.9 Å². The van der Waals surface area contributed by atoms with Gasteiger partial charge in [-0.3, -0.25) is 4.66 Å². The minimum Gasteiger partial charge on any atom is -0.301 e. The summed E-state index contributed by atoms with van der Waals surface area (Å²) in [6.07, 6.45) is 0. The summed E-state index contributed by atoms with van der Waals surface area (Å²) in [5, 5.41) is 7.29. The molecule has 0 saturated heterocycles. The summed E-state index contributed by atoms with van der Waals surface area (Å²) >= 11 is 3.64. The molecule has 0 amide bonds. The van der Waals surface area contributed by atoms with Crippen molar-refractivity contribution in [3.8, 4) is 0 Å². The zero-order valence-corrected chi connectivity index (χ0v) is 4.34. The van der Waals surface area contributed by atoms with Crippen LogP contribution >= 0.6 is 11.9 Å². The lowest BCUT2D eigenvalue weighted by Crippen LogP contribution is -1.89. The molecule has 0 aromatic carbocycles. The third-order valence-electron chi connectivity index (χ3n) is 0.129. The lowest BCUT2D eigenvalue weighted by molar-refractivity contribution is -0.231. The third kappa shape index (κ3) is 27.3. The van der Waals surface area contributed by atoms with Crippen molar-refractivity contribution < 1.29 is 19.6 Å². The zero-order chi connectivity index (χ0) is 6.28. The average Bonchev–Trinajstić information content (AvgIpc) is 1.73. The van der Waals surface area contributed by atoms with Gasteiger partial charge in [0.15, 0.2) is 0 Å². The highest BCUT2D eigenvalue weighted by atomic mass is 35.5. The van der Waals surface area contributed by atoms with Crippen LogP contribution in [-0.2, 0) is 9.68 Å². The van der Waals surface area contributed by atoms with Gasteiger partial charge in [0, 0.05) is 6.92 Å². The normalized spacial score (nSPS) is 5.71. The van der Waals surface area contributed by atoms with Gasteiger partial charge in [-0.05, 0) is 0 Å². The first kappa shape index (κ1) is 9.84. The molecule has 0 aliphatic carbocycles. The molecule has 0 unspecified atom stereocenters. The molecule has 0 saturated carbocycles. The zero-order valence-electron chi connectivity index (χ0n) is 3.59. The average molecular weight is 129 g/mol. The molecule has 0 fully saturated rings. The van der Waals surface area contributed by atoms with Crippen molar-refractivity contribution in [2.45, 2.75) is 6.92 Å². The summed E-state index contributed by atoms with van der Waals surface area (Å²) in [5.74, 6) is -0.690. The largest absolute Gasteiger partial charge is 0.339 e. The van der Waals surface area contributed by atoms with E-state index < -0.39 is 5.97 Å². The summed E-state index contributed by atoms with van der Waals surface area (Å²) in [7, 11) is 0. The molecule has 44 valence electrons. The van der Waals surface area contributed by atoms with Gasteiger partial charge in [-0.1, -0.05) is 0 Å². The van der Waals surface area contributed by atoms with Crippen LogP contribution in [0, 0.1) is 0 Å². The highest BCUT2D eigenvalue weighted by molar-refractivity contribution is 6.04. The predicted octanol–water partition coefficient (Wildman–Crippen LogP) is 0.155. The fourth-order valence-electron chi connectivity index (χ4n) is 0. The topological polar surface area (TPSA) is 66.8 Å². The number of hydrogen-bond acceptors (Lipinski definition) is 4. The van der Waals surface area contributed by atoms with Crippen molar-refractivity contribution in [3.63, 3.8) is 0 Å². The molecule has 7 heavy (non-hydrogen) atoms. The fourth-order valence-corrected chi connectivity index (χ4v) is 0. The van der Waals surface area contributed by atoms with E-state index in [1.54, 1.807) is 0 Å². The summed E-state index contributed by atoms with van der Waals surface area (Å²) < 4.78 is 6.47. The summed E-state index contributed by atoms with van der Waals surface area (Å²) in [6, 6.07) is 0. The highest BCUT2D eigenvalue weighted by Crippen LogP contribution is 1.59. The molecule has 2 N–H and O–H groups in total. The van der Waals surface area contributed by atoms with Crippen LogP contribution < -0.4 is 0 Å². The Morgan fingerprint density at radius 3 is 1.86 bits per heavy atom. The molecule has 0 rings (SSSR count). The van der Waals surface area contributed by atoms with Gasteiger partial charge >= 0.3 is 5.97 Å². The van der Waals surface area contributed by atoms with Gasteiger partial charge in [-0.2, -0.15) is 5.26 Å². The van der Waals surface area contributed by atoms with E-state index in [4.69, 9.17) is 9.92 Å². The Morgan fingerprint density at radius 1 is 1.71 bits per heavy atom. The highest BCUT2D eigenvalue weighted by Gasteiger charge is 1.79. The van der Waals surface area contributed by atoms with Gasteiger partial charge in [0.2, 0.25) is 0 Å². The van der Waals surface area contributed by atoms with Gasteiger partial charge in [-0.25, -0.2) is 4.79 Å². The molecule has 4 nitrogen and oxygen atoms in total. The van der Waals surface area contributed by atoms with Crippen molar-refractivity contribution in [1.29, 1.82) is 0 Å². The number of rotatable bonds is 0. The molecule has 5 heteroatoms. The number of carbonyl (C=O) groups is 1. The van der Waals surface area contributed by atoms with Gasteiger partial charge < -0.3 is 4.89 Å². The first-order chi connectivity index (χ1) is 3.27. The lowest BCUT2D eigenvalue weighted by Gasteiger charge is -1.76. The van der Waals surface area contributed by atoms with Crippen molar-refractivity contribution >= 4 is 17.8 Å². The van der Waals surface area contributed by atoms with Crippen LogP contribution in [0.2, 0.25) is 0 Å². The predicted molar refractivity (Wildman–Crippen MR) is 22.5 cm³/mol. The van der Waals surface area contributed by atoms with Gasteiger partial charge in [0.25, 0.3) is 0 Å². The van der Waals surface area contributed by atoms with Crippen LogP contribution in [0.25, 0.3) is 0 Å². The minimum atomic E-state index is -0.690. The maximum Gasteiger partial charge on any atom is 0.339 e. The maximum atomic E-state index is 9.34. The van der Waals surface area contributed by atoms with Gasteiger partial charge in [0.1, 0.15) is 0 Å². The first-order valence-corrected chi connectivity index (χ1v) is 1.60. The minimum absolute atomic E-state index is 0.690. The third-order valence-corrected chi connectivity index (χ3v) is 0.129. The van der Waals surface area contributed by atoms with Crippen LogP contribution in [0.15, 0.2) is 0 Å². The fraction of sp³-hybridized carbons (Fsp3) is 0.500. The Bertz CT molecular complexity index is 45.0. The van der Waals surface area contributed by atoms with Crippen molar-refractivity contribution in [3.05, 3.63) is 0 Å². The summed E-state index contributed by atoms with van der Waals surface area (Å²) in [6.45, 7) is 1.11. The Labute approximate surface area is 45.4 Å². The van der Waals surface area contributed by atoms with Crippen LogP contribution in [0.1, 0.15) is 6.92 Å². The van der Waals surface area contributed by atoms with Crippen molar-refractivity contribution in [1.82, 2.24) is 0 Å². The Balaban J connectivity index is 0. The molecular formula is C2H5ClO4. The van der Waals surface area contributed by atoms with E-state index in [0.717, 1.165) is 6.92 Å². The van der Waals surface area contributed by atoms with Crippen molar-refractivity contribution in [2.24, 2.45) is 0 Å². The lowest BCUT2D eigenvalue weighted by atomic mass is 10.9. The van der Waals surface area contributed by atoms with E-state index >= 15 is 0 Å². The molecule has 0 spiro atoms. The molecule has 0 heterocycles. The molecule has 0 bridgehead atoms. The second-order valence-corrected chi connectivity index (χ2v) is 0.583. The van der Waals surface area contributed by atoms with Crippen LogP contribution in [0.5, 0.6) is 0 Å². The molecular weight excluding hydrogens is 123 g/mol. The van der Waals surface area contributed by atoms with E-state index in [1.807, 2.05) is 0 Å². The van der Waals surface area contributed by atoms with Crippen LogP contribution in [0.3, 0.4) is 0 Å². The Kier molecular flexibility index (Phi) is 12.9. The summed E-state index contributed by atoms with van der Waals surface area (Å²) in [5.41, 5.74) is 0. The second kappa shape index (κ2) is 9.19. The van der Waals surface area contributed by atoms with E-state index in [1.165, 1.54) is 0 Å². The van der Waals surface area contributed by atoms with E-state index in [0.29, 0.717) is 0 Å². The monoisotopic (exact) mass is 128 g/mol. The number of halogens is 1. The van der Waals surface area contributed by atoms with E-state index in [9.17, 15) is 4.79 Å². The van der Waals surface area contributed by atoms with E-state index in [2.05, 4.69) is 16.8 Å². The standard InChI is InChI=1S/C2H4O3.ClHO/c1-2(3)5-4;1-2/h4H,1H3;2H. The smallest absolute Gasteiger partial charge is 0.301 e. The molecule has 0 radical (unpaired) electrons. The Hall–Kier alpha value is -0.320. The molecule has 0 aliphatic rings. The molecule has 0 aromatic rings. The quantitative estimate of drug-likeness (QED) is 0.360. The number of carbonyl (C=O) groups excluding carboxylic acids is 1. The Morgan fingerprint density at radius 2 is 1.86 bits per heavy atom. The molecule has 0 atom stereocenters. The molecule has 0 aromatic heterocycles. The van der Waals surface area contributed by atoms with Crippen LogP contribution in [-0.4, -0.2) is 15.9 Å². The SMILES string of the molecule is CC(=O)OO.OCl.